The molecule has 0 bridgehead atoms. The number of rotatable bonds is 5. The number of carbonyl (C=O) groups is 1. The molecule has 1 aromatic rings. The highest BCUT2D eigenvalue weighted by Gasteiger charge is 2.33. The highest BCUT2D eigenvalue weighted by molar-refractivity contribution is 5.92. The first-order valence-electron chi connectivity index (χ1n) is 7.17. The topological polar surface area (TPSA) is 63.2 Å². The molecule has 2 heterocycles. The first kappa shape index (κ1) is 14.9. The molecule has 0 radical (unpaired) electrons. The Morgan fingerprint density at radius 3 is 2.90 bits per heavy atom. The van der Waals surface area contributed by atoms with Gasteiger partial charge in [0.2, 0.25) is 5.91 Å². The van der Waals surface area contributed by atoms with Crippen molar-refractivity contribution in [3.05, 3.63) is 23.4 Å². The molecule has 1 aliphatic rings. The van der Waals surface area contributed by atoms with E-state index in [1.54, 1.807) is 0 Å². The summed E-state index contributed by atoms with van der Waals surface area (Å²) >= 11 is 0. The van der Waals surface area contributed by atoms with Crippen molar-refractivity contribution in [1.82, 2.24) is 10.3 Å². The molecule has 0 saturated carbocycles. The summed E-state index contributed by atoms with van der Waals surface area (Å²) in [5.41, 5.74) is 2.00. The Morgan fingerprint density at radius 2 is 2.20 bits per heavy atom. The number of aromatic nitrogens is 1. The minimum absolute atomic E-state index is 0.0198. The summed E-state index contributed by atoms with van der Waals surface area (Å²) in [6.07, 6.45) is 1.05. The maximum Gasteiger partial charge on any atom is 0.232 e. The van der Waals surface area contributed by atoms with Crippen LogP contribution in [0.2, 0.25) is 0 Å². The number of hydrogen-bond acceptors (Lipinski definition) is 4. The molecule has 20 heavy (non-hydrogen) atoms. The van der Waals surface area contributed by atoms with Crippen LogP contribution < -0.4 is 10.6 Å². The summed E-state index contributed by atoms with van der Waals surface area (Å²) in [7, 11) is 0. The number of hydrogen-bond donors (Lipinski definition) is 2. The van der Waals surface area contributed by atoms with Gasteiger partial charge in [0.1, 0.15) is 5.82 Å². The molecule has 5 heteroatoms. The summed E-state index contributed by atoms with van der Waals surface area (Å²) in [5.74, 6) is 0.450. The number of ether oxygens (including phenoxy) is 1. The summed E-state index contributed by atoms with van der Waals surface area (Å²) < 4.78 is 5.43. The van der Waals surface area contributed by atoms with Crippen molar-refractivity contribution in [3.8, 4) is 0 Å². The maximum atomic E-state index is 12.3. The van der Waals surface area contributed by atoms with Gasteiger partial charge in [0.05, 0.1) is 19.1 Å². The van der Waals surface area contributed by atoms with Gasteiger partial charge in [-0.05, 0) is 44.5 Å². The molecule has 0 aromatic carbocycles. The van der Waals surface area contributed by atoms with E-state index in [-0.39, 0.29) is 17.9 Å². The standard InChI is InChI=1S/C15H23N3O2/c1-4-5-16-13-9-20-8-12(13)15(19)18-14-7-10(2)6-11(3)17-14/h6-7,12-13,16H,4-5,8-9H2,1-3H3,(H,17,18,19). The second-order valence-corrected chi connectivity index (χ2v) is 5.36. The molecule has 2 atom stereocenters. The molecule has 1 amide bonds. The van der Waals surface area contributed by atoms with E-state index in [0.29, 0.717) is 19.0 Å². The van der Waals surface area contributed by atoms with E-state index in [0.717, 1.165) is 24.2 Å². The van der Waals surface area contributed by atoms with Gasteiger partial charge in [-0.15, -0.1) is 0 Å². The Hall–Kier alpha value is -1.46. The Labute approximate surface area is 120 Å². The van der Waals surface area contributed by atoms with Crippen LogP contribution >= 0.6 is 0 Å². The zero-order valence-electron chi connectivity index (χ0n) is 12.4. The van der Waals surface area contributed by atoms with Gasteiger partial charge < -0.3 is 15.4 Å². The van der Waals surface area contributed by atoms with Gasteiger partial charge in [-0.2, -0.15) is 0 Å². The SMILES string of the molecule is CCCNC1COCC1C(=O)Nc1cc(C)cc(C)n1. The first-order valence-corrected chi connectivity index (χ1v) is 7.17. The van der Waals surface area contributed by atoms with E-state index in [9.17, 15) is 4.79 Å². The van der Waals surface area contributed by atoms with Crippen LogP contribution in [0.25, 0.3) is 0 Å². The molecule has 2 rings (SSSR count). The largest absolute Gasteiger partial charge is 0.379 e. The fourth-order valence-corrected chi connectivity index (χ4v) is 2.47. The van der Waals surface area contributed by atoms with Crippen LogP contribution in [-0.2, 0) is 9.53 Å². The number of aryl methyl sites for hydroxylation is 2. The van der Waals surface area contributed by atoms with E-state index in [1.807, 2.05) is 26.0 Å². The summed E-state index contributed by atoms with van der Waals surface area (Å²) in [5, 5.41) is 6.27. The second-order valence-electron chi connectivity index (χ2n) is 5.36. The smallest absolute Gasteiger partial charge is 0.232 e. The Balaban J connectivity index is 1.99. The van der Waals surface area contributed by atoms with Gasteiger partial charge in [0, 0.05) is 11.7 Å². The molecule has 1 aromatic heterocycles. The van der Waals surface area contributed by atoms with Crippen molar-refractivity contribution < 1.29 is 9.53 Å². The number of nitrogens with zero attached hydrogens (tertiary/aromatic N) is 1. The lowest BCUT2D eigenvalue weighted by atomic mass is 10.0. The minimum atomic E-state index is -0.149. The number of pyridine rings is 1. The third kappa shape index (κ3) is 3.77. The van der Waals surface area contributed by atoms with Crippen LogP contribution in [0.5, 0.6) is 0 Å². The van der Waals surface area contributed by atoms with Crippen molar-refractivity contribution in [1.29, 1.82) is 0 Å². The average Bonchev–Trinajstić information content (AvgIpc) is 2.83. The molecule has 0 aliphatic carbocycles. The highest BCUT2D eigenvalue weighted by atomic mass is 16.5. The fraction of sp³-hybridized carbons (Fsp3) is 0.600. The summed E-state index contributed by atoms with van der Waals surface area (Å²) in [6, 6.07) is 3.97. The van der Waals surface area contributed by atoms with E-state index in [1.165, 1.54) is 0 Å². The van der Waals surface area contributed by atoms with E-state index in [2.05, 4.69) is 22.5 Å². The summed E-state index contributed by atoms with van der Waals surface area (Å²) in [4.78, 5) is 16.7. The molecule has 110 valence electrons. The molecule has 1 aliphatic heterocycles. The molecule has 2 N–H and O–H groups in total. The van der Waals surface area contributed by atoms with Gasteiger partial charge in [0.15, 0.2) is 0 Å². The van der Waals surface area contributed by atoms with Crippen LogP contribution in [0, 0.1) is 19.8 Å². The van der Waals surface area contributed by atoms with Crippen LogP contribution in [0.1, 0.15) is 24.6 Å². The Kier molecular flexibility index (Phi) is 5.09. The summed E-state index contributed by atoms with van der Waals surface area (Å²) in [6.45, 7) is 7.99. The normalized spacial score (nSPS) is 21.9. The van der Waals surface area contributed by atoms with Crippen LogP contribution in [0.3, 0.4) is 0 Å². The number of carbonyl (C=O) groups excluding carboxylic acids is 1. The van der Waals surface area contributed by atoms with Gasteiger partial charge in [-0.25, -0.2) is 4.98 Å². The molecular formula is C15H23N3O2. The van der Waals surface area contributed by atoms with E-state index < -0.39 is 0 Å². The van der Waals surface area contributed by atoms with Crippen molar-refractivity contribution in [3.63, 3.8) is 0 Å². The second kappa shape index (κ2) is 6.81. The molecule has 5 nitrogen and oxygen atoms in total. The van der Waals surface area contributed by atoms with Crippen LogP contribution in [0.4, 0.5) is 5.82 Å². The molecular weight excluding hydrogens is 254 g/mol. The lowest BCUT2D eigenvalue weighted by Gasteiger charge is -2.18. The first-order chi connectivity index (χ1) is 9.60. The number of nitrogens with one attached hydrogen (secondary N) is 2. The zero-order valence-corrected chi connectivity index (χ0v) is 12.4. The fourth-order valence-electron chi connectivity index (χ4n) is 2.47. The van der Waals surface area contributed by atoms with E-state index in [4.69, 9.17) is 4.74 Å². The number of amides is 1. The zero-order chi connectivity index (χ0) is 14.5. The lowest BCUT2D eigenvalue weighted by molar-refractivity contribution is -0.120. The van der Waals surface area contributed by atoms with Gasteiger partial charge in [0.25, 0.3) is 0 Å². The Morgan fingerprint density at radius 1 is 1.40 bits per heavy atom. The number of anilines is 1. The van der Waals surface area contributed by atoms with Crippen molar-refractivity contribution in [2.24, 2.45) is 5.92 Å². The van der Waals surface area contributed by atoms with Crippen molar-refractivity contribution in [2.45, 2.75) is 33.2 Å². The van der Waals surface area contributed by atoms with Crippen LogP contribution in [-0.4, -0.2) is 36.7 Å². The molecule has 1 saturated heterocycles. The molecule has 0 spiro atoms. The Bertz CT molecular complexity index is 456. The lowest BCUT2D eigenvalue weighted by Crippen LogP contribution is -2.41. The average molecular weight is 277 g/mol. The van der Waals surface area contributed by atoms with Crippen molar-refractivity contribution in [2.75, 3.05) is 25.1 Å². The van der Waals surface area contributed by atoms with E-state index >= 15 is 0 Å². The third-order valence-electron chi connectivity index (χ3n) is 3.42. The highest BCUT2D eigenvalue weighted by Crippen LogP contribution is 2.17. The molecule has 2 unspecified atom stereocenters. The third-order valence-corrected chi connectivity index (χ3v) is 3.42. The minimum Gasteiger partial charge on any atom is -0.379 e. The monoisotopic (exact) mass is 277 g/mol. The molecule has 1 fully saturated rings. The quantitative estimate of drug-likeness (QED) is 0.859. The van der Waals surface area contributed by atoms with Crippen molar-refractivity contribution >= 4 is 11.7 Å². The van der Waals surface area contributed by atoms with Gasteiger partial charge in [-0.3, -0.25) is 4.79 Å². The predicted molar refractivity (Wildman–Crippen MR) is 78.7 cm³/mol. The van der Waals surface area contributed by atoms with Gasteiger partial charge in [-0.1, -0.05) is 6.92 Å². The maximum absolute atomic E-state index is 12.3. The predicted octanol–water partition coefficient (Wildman–Crippen LogP) is 1.65. The van der Waals surface area contributed by atoms with Crippen LogP contribution in [0.15, 0.2) is 12.1 Å². The van der Waals surface area contributed by atoms with Gasteiger partial charge >= 0.3 is 0 Å².